The Morgan fingerprint density at radius 1 is 1.20 bits per heavy atom. The van der Waals surface area contributed by atoms with Crippen LogP contribution in [0.25, 0.3) is 11.1 Å². The molecule has 1 aliphatic carbocycles. The molecule has 0 unspecified atom stereocenters. The van der Waals surface area contributed by atoms with E-state index in [0.29, 0.717) is 11.6 Å². The van der Waals surface area contributed by atoms with E-state index in [1.807, 2.05) is 0 Å². The van der Waals surface area contributed by atoms with Crippen molar-refractivity contribution in [1.29, 1.82) is 0 Å². The van der Waals surface area contributed by atoms with E-state index in [2.05, 4.69) is 48.8 Å². The summed E-state index contributed by atoms with van der Waals surface area (Å²) in [6, 6.07) is 2.06. The van der Waals surface area contributed by atoms with E-state index in [-0.39, 0.29) is 16.9 Å². The Balaban J connectivity index is 1.58. The number of hydrogen-bond donors (Lipinski definition) is 0. The van der Waals surface area contributed by atoms with Crippen molar-refractivity contribution < 1.29 is 9.32 Å². The average molecular weight is 411 g/mol. The first-order valence-corrected chi connectivity index (χ1v) is 11.6. The second-order valence-electron chi connectivity index (χ2n) is 11.0. The van der Waals surface area contributed by atoms with Crippen LogP contribution in [0.3, 0.4) is 0 Å². The van der Waals surface area contributed by atoms with Gasteiger partial charge in [0, 0.05) is 36.8 Å². The fourth-order valence-electron chi connectivity index (χ4n) is 5.36. The van der Waals surface area contributed by atoms with E-state index in [1.54, 1.807) is 0 Å². The molecule has 6 nitrogen and oxygen atoms in total. The Kier molecular flexibility index (Phi) is 4.69. The highest BCUT2D eigenvalue weighted by Gasteiger charge is 2.46. The number of pyridine rings is 1. The molecule has 4 heterocycles. The second kappa shape index (κ2) is 7.04. The third-order valence-electron chi connectivity index (χ3n) is 7.22. The smallest absolute Gasteiger partial charge is 0.259 e. The first-order valence-electron chi connectivity index (χ1n) is 11.6. The van der Waals surface area contributed by atoms with Gasteiger partial charge in [-0.1, -0.05) is 25.9 Å². The SMILES string of the molecule is CN1CCC2(CCCN2C(=O)c2cc(C3CC3)nc3onc(CC(C)(C)C)c23)CC1. The standard InChI is InChI=1S/C24H34N4O2/c1-23(2,3)15-19-20-17(14-18(16-6-7-16)25-21(20)30-26-19)22(29)28-11-5-8-24(28)9-12-27(4)13-10-24/h14,16H,5-13,15H2,1-4H3. The highest BCUT2D eigenvalue weighted by atomic mass is 16.5. The van der Waals surface area contributed by atoms with E-state index in [4.69, 9.17) is 9.51 Å². The van der Waals surface area contributed by atoms with Gasteiger partial charge in [0.1, 0.15) is 0 Å². The fourth-order valence-corrected chi connectivity index (χ4v) is 5.36. The minimum Gasteiger partial charge on any atom is -0.336 e. The Hall–Kier alpha value is -1.95. The molecule has 2 aromatic heterocycles. The summed E-state index contributed by atoms with van der Waals surface area (Å²) in [5.74, 6) is 0.623. The van der Waals surface area contributed by atoms with Gasteiger partial charge in [0.05, 0.1) is 16.6 Å². The molecule has 30 heavy (non-hydrogen) atoms. The van der Waals surface area contributed by atoms with Crippen molar-refractivity contribution in [2.24, 2.45) is 5.41 Å². The molecular weight excluding hydrogens is 376 g/mol. The zero-order valence-electron chi connectivity index (χ0n) is 18.8. The van der Waals surface area contributed by atoms with Gasteiger partial charge in [-0.3, -0.25) is 4.79 Å². The first kappa shape index (κ1) is 20.0. The van der Waals surface area contributed by atoms with Crippen molar-refractivity contribution in [1.82, 2.24) is 19.9 Å². The maximum atomic E-state index is 14.0. The van der Waals surface area contributed by atoms with Crippen LogP contribution >= 0.6 is 0 Å². The molecule has 6 heteroatoms. The van der Waals surface area contributed by atoms with Crippen LogP contribution < -0.4 is 0 Å². The number of piperidine rings is 1. The van der Waals surface area contributed by atoms with Gasteiger partial charge in [0.15, 0.2) is 0 Å². The maximum absolute atomic E-state index is 14.0. The van der Waals surface area contributed by atoms with Crippen molar-refractivity contribution in [3.8, 4) is 0 Å². The van der Waals surface area contributed by atoms with Crippen molar-refractivity contribution in [2.75, 3.05) is 26.7 Å². The quantitative estimate of drug-likeness (QED) is 0.751. The van der Waals surface area contributed by atoms with Crippen molar-refractivity contribution in [2.45, 2.75) is 77.2 Å². The fraction of sp³-hybridized carbons (Fsp3) is 0.708. The topological polar surface area (TPSA) is 62.5 Å². The lowest BCUT2D eigenvalue weighted by molar-refractivity contribution is 0.0410. The Bertz CT molecular complexity index is 961. The molecule has 1 spiro atoms. The monoisotopic (exact) mass is 410 g/mol. The van der Waals surface area contributed by atoms with Gasteiger partial charge in [-0.15, -0.1) is 0 Å². The van der Waals surface area contributed by atoms with Crippen LogP contribution in [0.4, 0.5) is 0 Å². The van der Waals surface area contributed by atoms with Crippen LogP contribution in [0, 0.1) is 5.41 Å². The molecule has 2 saturated heterocycles. The molecule has 162 valence electrons. The van der Waals surface area contributed by atoms with Gasteiger partial charge in [-0.2, -0.15) is 0 Å². The number of carbonyl (C=O) groups is 1. The van der Waals surface area contributed by atoms with E-state index in [0.717, 1.165) is 86.9 Å². The highest BCUT2D eigenvalue weighted by molar-refractivity contribution is 6.06. The van der Waals surface area contributed by atoms with Gasteiger partial charge in [0.2, 0.25) is 0 Å². The number of carbonyl (C=O) groups excluding carboxylic acids is 1. The second-order valence-corrected chi connectivity index (χ2v) is 11.0. The molecule has 1 saturated carbocycles. The lowest BCUT2D eigenvalue weighted by Gasteiger charge is -2.44. The number of fused-ring (bicyclic) bond motifs is 1. The minimum absolute atomic E-state index is 0.0142. The third kappa shape index (κ3) is 3.53. The summed E-state index contributed by atoms with van der Waals surface area (Å²) in [7, 11) is 2.18. The van der Waals surface area contributed by atoms with Crippen molar-refractivity contribution in [3.05, 3.63) is 23.0 Å². The molecule has 3 aliphatic rings. The predicted octanol–water partition coefficient (Wildman–Crippen LogP) is 4.39. The van der Waals surface area contributed by atoms with Gasteiger partial charge in [-0.25, -0.2) is 4.98 Å². The number of likely N-dealkylation sites (tertiary alicyclic amines) is 2. The maximum Gasteiger partial charge on any atom is 0.259 e. The van der Waals surface area contributed by atoms with E-state index >= 15 is 0 Å². The molecule has 2 aliphatic heterocycles. The summed E-state index contributed by atoms with van der Waals surface area (Å²) in [6.07, 6.45) is 7.41. The van der Waals surface area contributed by atoms with Gasteiger partial charge in [-0.05, 0) is 63.5 Å². The molecule has 2 aromatic rings. The minimum atomic E-state index is 0.0142. The molecule has 3 fully saturated rings. The van der Waals surface area contributed by atoms with Gasteiger partial charge < -0.3 is 14.3 Å². The predicted molar refractivity (Wildman–Crippen MR) is 117 cm³/mol. The number of nitrogens with zero attached hydrogens (tertiary/aromatic N) is 4. The van der Waals surface area contributed by atoms with Gasteiger partial charge in [0.25, 0.3) is 11.6 Å². The van der Waals surface area contributed by atoms with E-state index in [1.165, 1.54) is 0 Å². The zero-order chi connectivity index (χ0) is 21.1. The Morgan fingerprint density at radius 2 is 1.93 bits per heavy atom. The largest absolute Gasteiger partial charge is 0.336 e. The van der Waals surface area contributed by atoms with E-state index in [9.17, 15) is 4.79 Å². The Morgan fingerprint density at radius 3 is 2.60 bits per heavy atom. The third-order valence-corrected chi connectivity index (χ3v) is 7.22. The van der Waals surface area contributed by atoms with Crippen LogP contribution in [0.5, 0.6) is 0 Å². The summed E-state index contributed by atoms with van der Waals surface area (Å²) in [5.41, 5.74) is 3.25. The molecular formula is C24H34N4O2. The van der Waals surface area contributed by atoms with Crippen molar-refractivity contribution in [3.63, 3.8) is 0 Å². The molecule has 0 N–H and O–H groups in total. The average Bonchev–Trinajstić information content (AvgIpc) is 3.36. The van der Waals surface area contributed by atoms with Gasteiger partial charge >= 0.3 is 0 Å². The van der Waals surface area contributed by atoms with Crippen molar-refractivity contribution >= 4 is 17.0 Å². The molecule has 1 amide bonds. The highest BCUT2D eigenvalue weighted by Crippen LogP contribution is 2.43. The van der Waals surface area contributed by atoms with Crippen LogP contribution in [-0.2, 0) is 6.42 Å². The summed E-state index contributed by atoms with van der Waals surface area (Å²) >= 11 is 0. The van der Waals surface area contributed by atoms with Crippen LogP contribution in [0.1, 0.15) is 87.0 Å². The first-order chi connectivity index (χ1) is 14.3. The zero-order valence-corrected chi connectivity index (χ0v) is 18.8. The number of amides is 1. The summed E-state index contributed by atoms with van der Waals surface area (Å²) < 4.78 is 5.68. The molecule has 0 radical (unpaired) electrons. The van der Waals surface area contributed by atoms with Crippen LogP contribution in [-0.4, -0.2) is 58.1 Å². The normalized spacial score (nSPS) is 22.3. The lowest BCUT2D eigenvalue weighted by atomic mass is 9.84. The summed E-state index contributed by atoms with van der Waals surface area (Å²) in [6.45, 7) is 9.54. The van der Waals surface area contributed by atoms with Crippen LogP contribution in [0.2, 0.25) is 0 Å². The number of hydrogen-bond acceptors (Lipinski definition) is 5. The molecule has 0 bridgehead atoms. The number of aromatic nitrogens is 2. The molecule has 0 atom stereocenters. The number of rotatable bonds is 3. The van der Waals surface area contributed by atoms with E-state index < -0.39 is 0 Å². The molecule has 0 aromatic carbocycles. The lowest BCUT2D eigenvalue weighted by Crippen LogP contribution is -2.53. The molecule has 5 rings (SSSR count). The van der Waals surface area contributed by atoms with Crippen LogP contribution in [0.15, 0.2) is 10.6 Å². The summed E-state index contributed by atoms with van der Waals surface area (Å²) in [4.78, 5) is 23.4. The Labute approximate surface area is 179 Å². The summed E-state index contributed by atoms with van der Waals surface area (Å²) in [5, 5.41) is 5.21.